The van der Waals surface area contributed by atoms with Gasteiger partial charge in [0.25, 0.3) is 5.91 Å². The molecule has 5 rings (SSSR count). The van der Waals surface area contributed by atoms with E-state index in [1.807, 2.05) is 66.7 Å². The van der Waals surface area contributed by atoms with Crippen LogP contribution in [0.15, 0.2) is 84.2 Å². The Bertz CT molecular complexity index is 1440. The first-order chi connectivity index (χ1) is 15.7. The second-order valence-corrected chi connectivity index (χ2v) is 7.15. The lowest BCUT2D eigenvalue weighted by atomic mass is 10.2. The van der Waals surface area contributed by atoms with E-state index in [2.05, 4.69) is 25.4 Å². The first kappa shape index (κ1) is 19.4. The number of anilines is 1. The SMILES string of the molecule is Nc1c(C(=O)NCc2ccccc2)c2nc3ccccc3nc2n1N=Cc1ccncc1. The summed E-state index contributed by atoms with van der Waals surface area (Å²) in [5.41, 5.74) is 10.7. The average Bonchev–Trinajstić information content (AvgIpc) is 3.11. The lowest BCUT2D eigenvalue weighted by molar-refractivity contribution is 0.0953. The summed E-state index contributed by atoms with van der Waals surface area (Å²) in [6.45, 7) is 0.368. The molecule has 0 fully saturated rings. The zero-order valence-electron chi connectivity index (χ0n) is 17.0. The largest absolute Gasteiger partial charge is 0.383 e. The molecular weight excluding hydrogens is 402 g/mol. The van der Waals surface area contributed by atoms with Crippen molar-refractivity contribution in [2.45, 2.75) is 6.54 Å². The fourth-order valence-electron chi connectivity index (χ4n) is 3.43. The molecule has 3 heterocycles. The van der Waals surface area contributed by atoms with Gasteiger partial charge in [-0.1, -0.05) is 42.5 Å². The molecule has 0 unspecified atom stereocenters. The summed E-state index contributed by atoms with van der Waals surface area (Å²) >= 11 is 0. The van der Waals surface area contributed by atoms with Gasteiger partial charge < -0.3 is 11.1 Å². The van der Waals surface area contributed by atoms with E-state index < -0.39 is 0 Å². The number of rotatable bonds is 5. The predicted octanol–water partition coefficient (Wildman–Crippen LogP) is 3.37. The second kappa shape index (κ2) is 8.27. The molecule has 5 aromatic rings. The Morgan fingerprint density at radius 2 is 1.66 bits per heavy atom. The third-order valence-electron chi connectivity index (χ3n) is 5.03. The van der Waals surface area contributed by atoms with Crippen LogP contribution in [0.2, 0.25) is 0 Å². The number of para-hydroxylation sites is 2. The molecule has 8 nitrogen and oxygen atoms in total. The van der Waals surface area contributed by atoms with Crippen LogP contribution in [0.25, 0.3) is 22.2 Å². The number of benzene rings is 2. The summed E-state index contributed by atoms with van der Waals surface area (Å²) in [6, 6.07) is 20.8. The van der Waals surface area contributed by atoms with E-state index in [4.69, 9.17) is 5.73 Å². The normalized spacial score (nSPS) is 11.4. The molecule has 2 aromatic carbocycles. The maximum absolute atomic E-state index is 13.1. The molecule has 0 aliphatic carbocycles. The number of nitrogens with one attached hydrogen (secondary N) is 1. The molecule has 0 saturated heterocycles. The zero-order chi connectivity index (χ0) is 21.9. The number of aromatic nitrogens is 4. The number of hydrogen-bond donors (Lipinski definition) is 2. The van der Waals surface area contributed by atoms with E-state index in [0.29, 0.717) is 28.7 Å². The molecule has 0 aliphatic rings. The monoisotopic (exact) mass is 421 g/mol. The molecule has 0 atom stereocenters. The van der Waals surface area contributed by atoms with Crippen molar-refractivity contribution in [3.63, 3.8) is 0 Å². The lowest BCUT2D eigenvalue weighted by Gasteiger charge is -2.05. The lowest BCUT2D eigenvalue weighted by Crippen LogP contribution is -2.23. The highest BCUT2D eigenvalue weighted by Gasteiger charge is 2.24. The minimum absolute atomic E-state index is 0.172. The molecule has 8 heteroatoms. The summed E-state index contributed by atoms with van der Waals surface area (Å²) < 4.78 is 1.45. The van der Waals surface area contributed by atoms with Gasteiger partial charge in [-0.2, -0.15) is 9.78 Å². The van der Waals surface area contributed by atoms with Crippen molar-refractivity contribution in [2.24, 2.45) is 5.10 Å². The van der Waals surface area contributed by atoms with Crippen molar-refractivity contribution in [1.29, 1.82) is 0 Å². The van der Waals surface area contributed by atoms with Gasteiger partial charge in [0.2, 0.25) is 0 Å². The first-order valence-corrected chi connectivity index (χ1v) is 10.0. The number of pyridine rings is 1. The highest BCUT2D eigenvalue weighted by Crippen LogP contribution is 2.27. The van der Waals surface area contributed by atoms with Crippen molar-refractivity contribution in [1.82, 2.24) is 24.9 Å². The van der Waals surface area contributed by atoms with Gasteiger partial charge in [-0.3, -0.25) is 9.78 Å². The molecule has 3 N–H and O–H groups in total. The number of nitrogen functional groups attached to an aromatic ring is 1. The number of nitrogens with two attached hydrogens (primary N) is 1. The van der Waals surface area contributed by atoms with Crippen molar-refractivity contribution < 1.29 is 4.79 Å². The Balaban J connectivity index is 1.61. The van der Waals surface area contributed by atoms with E-state index in [1.54, 1.807) is 18.6 Å². The van der Waals surface area contributed by atoms with Gasteiger partial charge in [0.05, 0.1) is 17.2 Å². The van der Waals surface area contributed by atoms with Gasteiger partial charge in [-0.15, -0.1) is 0 Å². The highest BCUT2D eigenvalue weighted by molar-refractivity contribution is 6.10. The molecular formula is C24H19N7O. The van der Waals surface area contributed by atoms with Crippen LogP contribution in [0.1, 0.15) is 21.5 Å². The van der Waals surface area contributed by atoms with E-state index in [0.717, 1.165) is 11.1 Å². The molecule has 0 aliphatic heterocycles. The third-order valence-corrected chi connectivity index (χ3v) is 5.03. The van der Waals surface area contributed by atoms with Crippen LogP contribution in [0.3, 0.4) is 0 Å². The third kappa shape index (κ3) is 3.65. The quantitative estimate of drug-likeness (QED) is 0.423. The van der Waals surface area contributed by atoms with E-state index >= 15 is 0 Å². The van der Waals surface area contributed by atoms with Crippen LogP contribution in [-0.4, -0.2) is 31.7 Å². The van der Waals surface area contributed by atoms with Crippen LogP contribution < -0.4 is 11.1 Å². The Hall–Kier alpha value is -4.59. The average molecular weight is 421 g/mol. The van der Waals surface area contributed by atoms with Gasteiger partial charge in [-0.05, 0) is 35.4 Å². The van der Waals surface area contributed by atoms with E-state index in [9.17, 15) is 4.79 Å². The van der Waals surface area contributed by atoms with E-state index in [-0.39, 0.29) is 17.3 Å². The summed E-state index contributed by atoms with van der Waals surface area (Å²) in [7, 11) is 0. The maximum Gasteiger partial charge on any atom is 0.257 e. The van der Waals surface area contributed by atoms with E-state index in [1.165, 1.54) is 4.68 Å². The van der Waals surface area contributed by atoms with Crippen LogP contribution in [0, 0.1) is 0 Å². The minimum Gasteiger partial charge on any atom is -0.383 e. The molecule has 32 heavy (non-hydrogen) atoms. The fourth-order valence-corrected chi connectivity index (χ4v) is 3.43. The summed E-state index contributed by atoms with van der Waals surface area (Å²) in [5, 5.41) is 7.41. The number of nitrogens with zero attached hydrogens (tertiary/aromatic N) is 5. The van der Waals surface area contributed by atoms with Crippen molar-refractivity contribution in [3.05, 3.63) is 95.8 Å². The Labute approximate surface area is 183 Å². The molecule has 0 saturated carbocycles. The topological polar surface area (TPSA) is 111 Å². The van der Waals surface area contributed by atoms with Crippen molar-refractivity contribution in [3.8, 4) is 0 Å². The Kier molecular flexibility index (Phi) is 5.01. The number of amides is 1. The van der Waals surface area contributed by atoms with Gasteiger partial charge >= 0.3 is 0 Å². The smallest absolute Gasteiger partial charge is 0.257 e. The highest BCUT2D eigenvalue weighted by atomic mass is 16.1. The Morgan fingerprint density at radius 3 is 2.41 bits per heavy atom. The minimum atomic E-state index is -0.334. The van der Waals surface area contributed by atoms with Crippen LogP contribution in [0.5, 0.6) is 0 Å². The van der Waals surface area contributed by atoms with Gasteiger partial charge in [0.15, 0.2) is 5.65 Å². The number of carbonyl (C=O) groups excluding carboxylic acids is 1. The molecule has 3 aromatic heterocycles. The molecule has 0 spiro atoms. The van der Waals surface area contributed by atoms with Crippen molar-refractivity contribution in [2.75, 3.05) is 5.73 Å². The molecule has 156 valence electrons. The molecule has 0 radical (unpaired) electrons. The standard InChI is InChI=1S/C24H19N7O/c25-22-20(24(32)27-14-16-6-2-1-3-7-16)21-23(30-19-9-5-4-8-18(19)29-21)31(22)28-15-17-10-12-26-13-11-17/h1-13,15H,14,25H2,(H,27,32). The van der Waals surface area contributed by atoms with Crippen LogP contribution >= 0.6 is 0 Å². The van der Waals surface area contributed by atoms with Gasteiger partial charge in [-0.25, -0.2) is 9.97 Å². The van der Waals surface area contributed by atoms with Gasteiger partial charge in [0, 0.05) is 18.9 Å². The predicted molar refractivity (Wildman–Crippen MR) is 124 cm³/mol. The number of carbonyl (C=O) groups is 1. The summed E-state index contributed by atoms with van der Waals surface area (Å²) in [6.07, 6.45) is 4.99. The van der Waals surface area contributed by atoms with Crippen molar-refractivity contribution >= 4 is 40.1 Å². The fraction of sp³-hybridized carbons (Fsp3) is 0.0417. The molecule has 0 bridgehead atoms. The van der Waals surface area contributed by atoms with Gasteiger partial charge in [0.1, 0.15) is 16.9 Å². The van der Waals surface area contributed by atoms with Crippen LogP contribution in [-0.2, 0) is 6.54 Å². The first-order valence-electron chi connectivity index (χ1n) is 10.0. The number of hydrogen-bond acceptors (Lipinski definition) is 6. The van der Waals surface area contributed by atoms with Crippen LogP contribution in [0.4, 0.5) is 5.82 Å². The second-order valence-electron chi connectivity index (χ2n) is 7.15. The maximum atomic E-state index is 13.1. The Morgan fingerprint density at radius 1 is 0.969 bits per heavy atom. The molecule has 1 amide bonds. The summed E-state index contributed by atoms with van der Waals surface area (Å²) in [4.78, 5) is 26.5. The summed E-state index contributed by atoms with van der Waals surface area (Å²) in [5.74, 6) is -0.162. The number of fused-ring (bicyclic) bond motifs is 2. The zero-order valence-corrected chi connectivity index (χ0v) is 17.0.